The molecule has 0 saturated heterocycles. The van der Waals surface area contributed by atoms with E-state index in [9.17, 15) is 4.79 Å². The number of rotatable bonds is 13. The zero-order valence-electron chi connectivity index (χ0n) is 21.9. The highest BCUT2D eigenvalue weighted by atomic mass is 127. The third-order valence-electron chi connectivity index (χ3n) is 5.97. The van der Waals surface area contributed by atoms with Crippen LogP contribution in [-0.2, 0) is 14.0 Å². The molecule has 0 N–H and O–H groups in total. The molecule has 0 fully saturated rings. The summed E-state index contributed by atoms with van der Waals surface area (Å²) >= 11 is 2.24. The summed E-state index contributed by atoms with van der Waals surface area (Å²) in [6, 6.07) is 21.5. The standard InChI is InChI=1S/C31H39IO3Si/c1-31(2,3)36(28-21-12-9-13-22-28,29-23-14-10-15-24-29)35-27(20-17-18-26-32)19-11-7-5-6-8-16-25-30(33)34-4/h6-15,17-18,20-24,26-27H,5,16,19,25H2,1-4H3/b8-6-,11-7-,20-17+,26-18+/t27-/m1/s1. The minimum atomic E-state index is -2.64. The van der Waals surface area contributed by atoms with Crippen molar-refractivity contribution in [2.45, 2.75) is 57.6 Å². The van der Waals surface area contributed by atoms with Crippen LogP contribution in [0.15, 0.2) is 107 Å². The van der Waals surface area contributed by atoms with E-state index in [0.717, 1.165) is 12.8 Å². The number of halogens is 1. The lowest BCUT2D eigenvalue weighted by molar-refractivity contribution is -0.140. The number of ether oxygens (including phenoxy) is 1. The van der Waals surface area contributed by atoms with E-state index < -0.39 is 8.32 Å². The summed E-state index contributed by atoms with van der Waals surface area (Å²) in [5.74, 6) is -0.175. The summed E-state index contributed by atoms with van der Waals surface area (Å²) in [7, 11) is -1.22. The first-order chi connectivity index (χ1) is 17.3. The van der Waals surface area contributed by atoms with Crippen molar-refractivity contribution >= 4 is 47.3 Å². The second kappa shape index (κ2) is 15.8. The van der Waals surface area contributed by atoms with Crippen molar-refractivity contribution in [1.82, 2.24) is 0 Å². The highest BCUT2D eigenvalue weighted by molar-refractivity contribution is 14.1. The molecule has 2 aromatic rings. The highest BCUT2D eigenvalue weighted by Gasteiger charge is 2.51. The molecule has 192 valence electrons. The van der Waals surface area contributed by atoms with Gasteiger partial charge in [0.15, 0.2) is 0 Å². The Balaban J connectivity index is 2.31. The quantitative estimate of drug-likeness (QED) is 0.0782. The van der Waals surface area contributed by atoms with Gasteiger partial charge in [0.1, 0.15) is 0 Å². The zero-order valence-corrected chi connectivity index (χ0v) is 25.1. The Morgan fingerprint density at radius 3 is 2.03 bits per heavy atom. The molecule has 0 aliphatic rings. The maximum absolute atomic E-state index is 11.2. The van der Waals surface area contributed by atoms with Crippen LogP contribution >= 0.6 is 22.6 Å². The van der Waals surface area contributed by atoms with Crippen molar-refractivity contribution in [2.24, 2.45) is 0 Å². The molecule has 0 heterocycles. The molecule has 0 aromatic heterocycles. The Labute approximate surface area is 232 Å². The fourth-order valence-corrected chi connectivity index (χ4v) is 9.12. The van der Waals surface area contributed by atoms with Crippen LogP contribution in [0.25, 0.3) is 0 Å². The van der Waals surface area contributed by atoms with Gasteiger partial charge in [-0.05, 0) is 38.8 Å². The molecule has 1 atom stereocenters. The van der Waals surface area contributed by atoms with Gasteiger partial charge >= 0.3 is 5.97 Å². The monoisotopic (exact) mass is 614 g/mol. The molecule has 0 amide bonds. The molecule has 36 heavy (non-hydrogen) atoms. The lowest BCUT2D eigenvalue weighted by Gasteiger charge is -2.44. The molecule has 2 aromatic carbocycles. The molecule has 2 rings (SSSR count). The summed E-state index contributed by atoms with van der Waals surface area (Å²) in [5.41, 5.74) is 0. The molecule has 0 saturated carbocycles. The lowest BCUT2D eigenvalue weighted by Crippen LogP contribution is -2.67. The predicted octanol–water partition coefficient (Wildman–Crippen LogP) is 7.28. The summed E-state index contributed by atoms with van der Waals surface area (Å²) in [5, 5.41) is 2.49. The third-order valence-corrected chi connectivity index (χ3v) is 11.4. The summed E-state index contributed by atoms with van der Waals surface area (Å²) in [6.07, 6.45) is 17.4. The van der Waals surface area contributed by atoms with E-state index >= 15 is 0 Å². The van der Waals surface area contributed by atoms with Crippen LogP contribution in [0.2, 0.25) is 5.04 Å². The first kappa shape index (κ1) is 30.0. The minimum Gasteiger partial charge on any atom is -0.469 e. The van der Waals surface area contributed by atoms with Gasteiger partial charge < -0.3 is 9.16 Å². The largest absolute Gasteiger partial charge is 0.469 e. The summed E-state index contributed by atoms with van der Waals surface area (Å²) < 4.78 is 14.0. The molecule has 0 aliphatic carbocycles. The Kier molecular flexibility index (Phi) is 13.2. The summed E-state index contributed by atoms with van der Waals surface area (Å²) in [6.45, 7) is 6.92. The smallest absolute Gasteiger partial charge is 0.305 e. The zero-order chi connectivity index (χ0) is 26.3. The van der Waals surface area contributed by atoms with Crippen molar-refractivity contribution in [3.05, 3.63) is 107 Å². The van der Waals surface area contributed by atoms with Crippen LogP contribution in [0.3, 0.4) is 0 Å². The van der Waals surface area contributed by atoms with Crippen LogP contribution in [0.5, 0.6) is 0 Å². The first-order valence-corrected chi connectivity index (χ1v) is 15.6. The van der Waals surface area contributed by atoms with Crippen LogP contribution in [-0.4, -0.2) is 27.5 Å². The van der Waals surface area contributed by atoms with Crippen molar-refractivity contribution in [2.75, 3.05) is 7.11 Å². The van der Waals surface area contributed by atoms with Gasteiger partial charge in [-0.2, -0.15) is 0 Å². The molecular formula is C31H39IO3Si. The Morgan fingerprint density at radius 1 is 0.917 bits per heavy atom. The average molecular weight is 615 g/mol. The SMILES string of the molecule is COC(=O)CC/C=C\C/C=C\C[C@H](/C=C/C=C/I)O[Si](c1ccccc1)(c1ccccc1)C(C)(C)C. The second-order valence-electron chi connectivity index (χ2n) is 9.55. The van der Waals surface area contributed by atoms with Crippen molar-refractivity contribution in [3.8, 4) is 0 Å². The number of methoxy groups -OCH3 is 1. The third kappa shape index (κ3) is 9.02. The lowest BCUT2D eigenvalue weighted by atomic mass is 10.2. The van der Waals surface area contributed by atoms with Crippen LogP contribution in [0.4, 0.5) is 0 Å². The van der Waals surface area contributed by atoms with Crippen LogP contribution in [0, 0.1) is 0 Å². The Bertz CT molecular complexity index is 981. The number of hydrogen-bond donors (Lipinski definition) is 0. The average Bonchev–Trinajstić information content (AvgIpc) is 2.88. The van der Waals surface area contributed by atoms with Crippen LogP contribution in [0.1, 0.15) is 46.5 Å². The van der Waals surface area contributed by atoms with Crippen LogP contribution < -0.4 is 10.4 Å². The highest BCUT2D eigenvalue weighted by Crippen LogP contribution is 2.38. The van der Waals surface area contributed by atoms with E-state index in [2.05, 4.69) is 139 Å². The molecule has 0 spiro atoms. The maximum atomic E-state index is 11.2. The van der Waals surface area contributed by atoms with E-state index in [1.54, 1.807) is 0 Å². The number of benzene rings is 2. The van der Waals surface area contributed by atoms with E-state index in [1.807, 2.05) is 16.2 Å². The van der Waals surface area contributed by atoms with Crippen molar-refractivity contribution in [1.29, 1.82) is 0 Å². The maximum Gasteiger partial charge on any atom is 0.305 e. The number of hydrogen-bond acceptors (Lipinski definition) is 3. The normalized spacial score (nSPS) is 13.8. The van der Waals surface area contributed by atoms with Gasteiger partial charge in [0.2, 0.25) is 0 Å². The molecule has 0 aliphatic heterocycles. The molecular weight excluding hydrogens is 575 g/mol. The molecule has 0 radical (unpaired) electrons. The Morgan fingerprint density at radius 2 is 1.50 bits per heavy atom. The fraction of sp³-hybridized carbons (Fsp3) is 0.323. The van der Waals surface area contributed by atoms with Gasteiger partial charge in [-0.3, -0.25) is 4.79 Å². The fourth-order valence-electron chi connectivity index (χ4n) is 4.24. The van der Waals surface area contributed by atoms with Gasteiger partial charge in [-0.15, -0.1) is 0 Å². The Hall–Kier alpha value is -2.22. The van der Waals surface area contributed by atoms with Crippen molar-refractivity contribution < 1.29 is 14.0 Å². The minimum absolute atomic E-state index is 0.0662. The van der Waals surface area contributed by atoms with Crippen molar-refractivity contribution in [3.63, 3.8) is 0 Å². The van der Waals surface area contributed by atoms with E-state index in [1.165, 1.54) is 17.5 Å². The van der Waals surface area contributed by atoms with E-state index in [4.69, 9.17) is 4.43 Å². The summed E-state index contributed by atoms with van der Waals surface area (Å²) in [4.78, 5) is 11.2. The van der Waals surface area contributed by atoms with E-state index in [-0.39, 0.29) is 17.1 Å². The number of allylic oxidation sites excluding steroid dienone is 5. The molecule has 0 bridgehead atoms. The topological polar surface area (TPSA) is 35.5 Å². The number of carbonyl (C=O) groups is 1. The van der Waals surface area contributed by atoms with Gasteiger partial charge in [0.05, 0.1) is 13.2 Å². The van der Waals surface area contributed by atoms with Gasteiger partial charge in [-0.25, -0.2) is 0 Å². The van der Waals surface area contributed by atoms with Gasteiger partial charge in [0.25, 0.3) is 8.32 Å². The van der Waals surface area contributed by atoms with Gasteiger partial charge in [0, 0.05) is 6.42 Å². The predicted molar refractivity (Wildman–Crippen MR) is 164 cm³/mol. The van der Waals surface area contributed by atoms with E-state index in [0.29, 0.717) is 12.8 Å². The molecule has 0 unspecified atom stereocenters. The number of carbonyl (C=O) groups excluding carboxylic acids is 1. The molecule has 5 heteroatoms. The molecule has 3 nitrogen and oxygen atoms in total. The van der Waals surface area contributed by atoms with Gasteiger partial charge in [-0.1, -0.05) is 147 Å². The number of esters is 1. The first-order valence-electron chi connectivity index (χ1n) is 12.4. The second-order valence-corrected chi connectivity index (χ2v) is 14.5.